The normalized spacial score (nSPS) is 31.4. The first-order valence-electron chi connectivity index (χ1n) is 5.54. The summed E-state index contributed by atoms with van der Waals surface area (Å²) >= 11 is 0. The van der Waals surface area contributed by atoms with Crippen molar-refractivity contribution in [2.45, 2.75) is 40.0 Å². The molecule has 0 unspecified atom stereocenters. The Hall–Kier alpha value is -0.300. The molecule has 1 fully saturated rings. The van der Waals surface area contributed by atoms with Crippen LogP contribution in [0.25, 0.3) is 0 Å². The number of rotatable bonds is 4. The van der Waals surface area contributed by atoms with E-state index in [0.717, 1.165) is 18.4 Å². The first kappa shape index (κ1) is 10.8. The van der Waals surface area contributed by atoms with Crippen LogP contribution in [0.3, 0.4) is 0 Å². The van der Waals surface area contributed by atoms with Gasteiger partial charge >= 0.3 is 0 Å². The third kappa shape index (κ3) is 2.34. The predicted octanol–water partition coefficient (Wildman–Crippen LogP) is 2.98. The molecule has 1 N–H and O–H groups in total. The third-order valence-electron chi connectivity index (χ3n) is 3.37. The Morgan fingerprint density at radius 3 is 2.69 bits per heavy atom. The molecule has 2 atom stereocenters. The Labute approximate surface area is 82.6 Å². The largest absolute Gasteiger partial charge is 0.320 e. The Balaban J connectivity index is 2.51. The van der Waals surface area contributed by atoms with Crippen LogP contribution in [0.4, 0.5) is 0 Å². The number of hydrogen-bond donors (Lipinski definition) is 1. The van der Waals surface area contributed by atoms with Crippen molar-refractivity contribution in [3.05, 3.63) is 11.1 Å². The van der Waals surface area contributed by atoms with E-state index in [1.54, 1.807) is 11.1 Å². The highest BCUT2D eigenvalue weighted by Crippen LogP contribution is 2.43. The molecule has 1 nitrogen and oxygen atoms in total. The fourth-order valence-corrected chi connectivity index (χ4v) is 2.49. The molecule has 1 saturated carbocycles. The van der Waals surface area contributed by atoms with Crippen LogP contribution in [-0.4, -0.2) is 13.6 Å². The van der Waals surface area contributed by atoms with Crippen molar-refractivity contribution < 1.29 is 0 Å². The highest BCUT2D eigenvalue weighted by Gasteiger charge is 2.31. The summed E-state index contributed by atoms with van der Waals surface area (Å²) in [5, 5.41) is 3.24. The average Bonchev–Trinajstić information content (AvgIpc) is 2.11. The van der Waals surface area contributed by atoms with Gasteiger partial charge in [0, 0.05) is 0 Å². The molecule has 0 aromatic carbocycles. The summed E-state index contributed by atoms with van der Waals surface area (Å²) in [5.74, 6) is 1.75. The maximum atomic E-state index is 3.24. The van der Waals surface area contributed by atoms with E-state index in [9.17, 15) is 0 Å². The van der Waals surface area contributed by atoms with E-state index in [1.807, 2.05) is 7.05 Å². The number of allylic oxidation sites excluding steroid dienone is 2. The summed E-state index contributed by atoms with van der Waals surface area (Å²) in [6, 6.07) is 0. The van der Waals surface area contributed by atoms with Gasteiger partial charge in [-0.2, -0.15) is 0 Å². The average molecular weight is 181 g/mol. The van der Waals surface area contributed by atoms with Crippen LogP contribution >= 0.6 is 0 Å². The zero-order valence-electron chi connectivity index (χ0n) is 9.48. The van der Waals surface area contributed by atoms with Gasteiger partial charge in [0.15, 0.2) is 0 Å². The van der Waals surface area contributed by atoms with Gasteiger partial charge in [0.1, 0.15) is 0 Å². The molecule has 76 valence electrons. The Bertz CT molecular complexity index is 193. The Morgan fingerprint density at radius 1 is 1.54 bits per heavy atom. The molecule has 0 spiro atoms. The van der Waals surface area contributed by atoms with E-state index >= 15 is 0 Å². The summed E-state index contributed by atoms with van der Waals surface area (Å²) in [6.07, 6.45) is 3.97. The van der Waals surface area contributed by atoms with E-state index < -0.39 is 0 Å². The maximum absolute atomic E-state index is 3.24. The minimum absolute atomic E-state index is 0.863. The standard InChI is InChI=1S/C12H23N/c1-5-9(2)12-10(3)8-11(12)6-7-13-4/h10-11,13H,5-8H2,1-4H3/b12-9+/t10-,11+/m1/s1. The lowest BCUT2D eigenvalue weighted by Crippen LogP contribution is -2.29. The first-order valence-corrected chi connectivity index (χ1v) is 5.54. The van der Waals surface area contributed by atoms with Crippen molar-refractivity contribution in [1.82, 2.24) is 5.32 Å². The predicted molar refractivity (Wildman–Crippen MR) is 58.8 cm³/mol. The SMILES string of the molecule is CC/C(C)=C1/[C@@H](CCNC)C[C@H]1C. The van der Waals surface area contributed by atoms with Crippen molar-refractivity contribution in [2.24, 2.45) is 11.8 Å². The summed E-state index contributed by atoms with van der Waals surface area (Å²) in [4.78, 5) is 0. The molecule has 1 aliphatic carbocycles. The van der Waals surface area contributed by atoms with E-state index in [1.165, 1.54) is 19.3 Å². The van der Waals surface area contributed by atoms with Gasteiger partial charge in [-0.25, -0.2) is 0 Å². The molecule has 0 aromatic rings. The molecule has 13 heavy (non-hydrogen) atoms. The molecule has 0 saturated heterocycles. The van der Waals surface area contributed by atoms with Crippen molar-refractivity contribution >= 4 is 0 Å². The second kappa shape index (κ2) is 4.80. The van der Waals surface area contributed by atoms with Crippen LogP contribution < -0.4 is 5.32 Å². The Kier molecular flexibility index (Phi) is 3.98. The monoisotopic (exact) mass is 181 g/mol. The molecular formula is C12H23N. The molecule has 1 aliphatic rings. The molecule has 1 rings (SSSR count). The van der Waals surface area contributed by atoms with Gasteiger partial charge in [-0.3, -0.25) is 0 Å². The minimum Gasteiger partial charge on any atom is -0.320 e. The van der Waals surface area contributed by atoms with Crippen LogP contribution in [0.5, 0.6) is 0 Å². The summed E-state index contributed by atoms with van der Waals surface area (Å²) in [5.41, 5.74) is 3.40. The quantitative estimate of drug-likeness (QED) is 0.657. The summed E-state index contributed by atoms with van der Waals surface area (Å²) < 4.78 is 0. The molecular weight excluding hydrogens is 158 g/mol. The maximum Gasteiger partial charge on any atom is -0.00462 e. The van der Waals surface area contributed by atoms with Crippen molar-refractivity contribution in [3.8, 4) is 0 Å². The first-order chi connectivity index (χ1) is 6.20. The van der Waals surface area contributed by atoms with Crippen LogP contribution in [-0.2, 0) is 0 Å². The lowest BCUT2D eigenvalue weighted by molar-refractivity contribution is 0.310. The minimum atomic E-state index is 0.863. The van der Waals surface area contributed by atoms with Gasteiger partial charge in [-0.1, -0.05) is 25.0 Å². The highest BCUT2D eigenvalue weighted by atomic mass is 14.8. The van der Waals surface area contributed by atoms with E-state index in [-0.39, 0.29) is 0 Å². The number of hydrogen-bond acceptors (Lipinski definition) is 1. The van der Waals surface area contributed by atoms with E-state index in [0.29, 0.717) is 0 Å². The van der Waals surface area contributed by atoms with E-state index in [2.05, 4.69) is 26.1 Å². The second-order valence-corrected chi connectivity index (χ2v) is 4.32. The smallest absolute Gasteiger partial charge is 0.00462 e. The lowest BCUT2D eigenvalue weighted by Gasteiger charge is -2.39. The molecule has 0 bridgehead atoms. The lowest BCUT2D eigenvalue weighted by atomic mass is 9.67. The highest BCUT2D eigenvalue weighted by molar-refractivity contribution is 5.25. The zero-order valence-corrected chi connectivity index (χ0v) is 9.48. The molecule has 0 aromatic heterocycles. The van der Waals surface area contributed by atoms with E-state index in [4.69, 9.17) is 0 Å². The molecule has 0 amide bonds. The van der Waals surface area contributed by atoms with Crippen LogP contribution in [0, 0.1) is 11.8 Å². The van der Waals surface area contributed by atoms with Crippen LogP contribution in [0.1, 0.15) is 40.0 Å². The van der Waals surface area contributed by atoms with Gasteiger partial charge < -0.3 is 5.32 Å². The van der Waals surface area contributed by atoms with Crippen LogP contribution in [0.15, 0.2) is 11.1 Å². The van der Waals surface area contributed by atoms with Gasteiger partial charge in [0.05, 0.1) is 0 Å². The van der Waals surface area contributed by atoms with Gasteiger partial charge in [-0.05, 0) is 51.6 Å². The fraction of sp³-hybridized carbons (Fsp3) is 0.833. The fourth-order valence-electron chi connectivity index (χ4n) is 2.49. The molecule has 1 heteroatoms. The molecule has 0 heterocycles. The Morgan fingerprint density at radius 2 is 2.23 bits per heavy atom. The van der Waals surface area contributed by atoms with Gasteiger partial charge in [0.2, 0.25) is 0 Å². The topological polar surface area (TPSA) is 12.0 Å². The summed E-state index contributed by atoms with van der Waals surface area (Å²) in [6.45, 7) is 8.10. The molecule has 0 aliphatic heterocycles. The van der Waals surface area contributed by atoms with Gasteiger partial charge in [0.25, 0.3) is 0 Å². The van der Waals surface area contributed by atoms with Crippen molar-refractivity contribution in [2.75, 3.05) is 13.6 Å². The third-order valence-corrected chi connectivity index (χ3v) is 3.37. The molecule has 0 radical (unpaired) electrons. The number of nitrogens with one attached hydrogen (secondary N) is 1. The zero-order chi connectivity index (χ0) is 9.84. The summed E-state index contributed by atoms with van der Waals surface area (Å²) in [7, 11) is 2.04. The van der Waals surface area contributed by atoms with Crippen molar-refractivity contribution in [1.29, 1.82) is 0 Å². The van der Waals surface area contributed by atoms with Crippen LogP contribution in [0.2, 0.25) is 0 Å². The van der Waals surface area contributed by atoms with Crippen molar-refractivity contribution in [3.63, 3.8) is 0 Å². The van der Waals surface area contributed by atoms with Gasteiger partial charge in [-0.15, -0.1) is 0 Å². The second-order valence-electron chi connectivity index (χ2n) is 4.32.